The molecule has 0 aromatic rings. The molecule has 0 aromatic heterocycles. The van der Waals surface area contributed by atoms with Crippen molar-refractivity contribution in [1.29, 1.82) is 0 Å². The summed E-state index contributed by atoms with van der Waals surface area (Å²) < 4.78 is 37.3. The van der Waals surface area contributed by atoms with Crippen molar-refractivity contribution in [2.24, 2.45) is 5.92 Å². The van der Waals surface area contributed by atoms with Gasteiger partial charge >= 0.3 is 6.18 Å². The molecule has 1 nitrogen and oxygen atoms in total. The van der Waals surface area contributed by atoms with E-state index < -0.39 is 11.7 Å². The molecular formula is C12H14F3NS. The van der Waals surface area contributed by atoms with Gasteiger partial charge in [-0.25, -0.2) is 0 Å². The topological polar surface area (TPSA) is 12.0 Å². The molecule has 2 aliphatic rings. The van der Waals surface area contributed by atoms with Crippen molar-refractivity contribution < 1.29 is 13.2 Å². The van der Waals surface area contributed by atoms with Crippen molar-refractivity contribution in [2.75, 3.05) is 0 Å². The second kappa shape index (κ2) is 4.44. The smallest absolute Gasteiger partial charge is 0.376 e. The standard InChI is InChI=1S/C12H14F3NS/c1-7-11(17-8(2)16-7)9-3-5-10(6-4-9)12(13,14)15/h3,5-6,8-9,16H,4H2,1-2H3. The normalized spacial score (nSPS) is 29.4. The van der Waals surface area contributed by atoms with E-state index >= 15 is 0 Å². The molecule has 1 N–H and O–H groups in total. The number of alkyl halides is 3. The third-order valence-electron chi connectivity index (χ3n) is 2.86. The molecule has 2 rings (SSSR count). The molecule has 2 unspecified atom stereocenters. The Labute approximate surface area is 103 Å². The summed E-state index contributed by atoms with van der Waals surface area (Å²) in [4.78, 5) is 1.16. The van der Waals surface area contributed by atoms with Gasteiger partial charge in [-0.3, -0.25) is 0 Å². The highest BCUT2D eigenvalue weighted by atomic mass is 32.2. The van der Waals surface area contributed by atoms with Crippen LogP contribution in [0.1, 0.15) is 20.3 Å². The lowest BCUT2D eigenvalue weighted by atomic mass is 9.95. The second-order valence-corrected chi connectivity index (χ2v) is 5.63. The van der Waals surface area contributed by atoms with Crippen LogP contribution in [0, 0.1) is 5.92 Å². The van der Waals surface area contributed by atoms with E-state index in [4.69, 9.17) is 0 Å². The molecule has 0 radical (unpaired) electrons. The number of halogens is 3. The summed E-state index contributed by atoms with van der Waals surface area (Å²) in [5.74, 6) is 0.0866. The number of thioether (sulfide) groups is 1. The zero-order chi connectivity index (χ0) is 12.6. The van der Waals surface area contributed by atoms with E-state index in [0.717, 1.165) is 10.6 Å². The van der Waals surface area contributed by atoms with Gasteiger partial charge < -0.3 is 5.32 Å². The van der Waals surface area contributed by atoms with E-state index in [0.29, 0.717) is 11.8 Å². The van der Waals surface area contributed by atoms with Gasteiger partial charge in [0.05, 0.1) is 10.9 Å². The molecule has 0 saturated heterocycles. The van der Waals surface area contributed by atoms with Crippen LogP contribution in [-0.4, -0.2) is 11.6 Å². The zero-order valence-corrected chi connectivity index (χ0v) is 10.5. The molecule has 94 valence electrons. The Kier molecular flexibility index (Phi) is 3.30. The lowest BCUT2D eigenvalue weighted by molar-refractivity contribution is -0.0886. The Hall–Kier alpha value is -0.840. The number of allylic oxidation sites excluding steroid dienone is 6. The quantitative estimate of drug-likeness (QED) is 0.766. The van der Waals surface area contributed by atoms with E-state index in [1.54, 1.807) is 17.8 Å². The monoisotopic (exact) mass is 261 g/mol. The molecule has 5 heteroatoms. The van der Waals surface area contributed by atoms with Crippen molar-refractivity contribution >= 4 is 11.8 Å². The third kappa shape index (κ3) is 2.70. The van der Waals surface area contributed by atoms with E-state index in [-0.39, 0.29) is 5.92 Å². The maximum absolute atomic E-state index is 12.4. The van der Waals surface area contributed by atoms with Crippen molar-refractivity contribution in [3.63, 3.8) is 0 Å². The largest absolute Gasteiger partial charge is 0.416 e. The van der Waals surface area contributed by atoms with Gasteiger partial charge in [-0.15, -0.1) is 11.8 Å². The predicted octanol–water partition coefficient (Wildman–Crippen LogP) is 3.97. The fourth-order valence-corrected chi connectivity index (χ4v) is 3.28. The molecule has 0 bridgehead atoms. The summed E-state index contributed by atoms with van der Waals surface area (Å²) in [6.45, 7) is 4.02. The van der Waals surface area contributed by atoms with Crippen LogP contribution in [0.5, 0.6) is 0 Å². The van der Waals surface area contributed by atoms with E-state index in [1.165, 1.54) is 12.2 Å². The molecule has 0 saturated carbocycles. The van der Waals surface area contributed by atoms with Crippen LogP contribution in [0.15, 0.2) is 34.4 Å². The maximum Gasteiger partial charge on any atom is 0.416 e. The summed E-state index contributed by atoms with van der Waals surface area (Å²) in [7, 11) is 0. The van der Waals surface area contributed by atoms with Gasteiger partial charge in [0.15, 0.2) is 0 Å². The van der Waals surface area contributed by atoms with Crippen LogP contribution in [0.3, 0.4) is 0 Å². The summed E-state index contributed by atoms with van der Waals surface area (Å²) in [6.07, 6.45) is 0.347. The minimum atomic E-state index is -4.22. The minimum Gasteiger partial charge on any atom is -0.376 e. The Morgan fingerprint density at radius 3 is 2.53 bits per heavy atom. The first kappa shape index (κ1) is 12.6. The van der Waals surface area contributed by atoms with Crippen LogP contribution < -0.4 is 5.32 Å². The van der Waals surface area contributed by atoms with Crippen LogP contribution in [0.4, 0.5) is 13.2 Å². The minimum absolute atomic E-state index is 0.0866. The molecule has 0 fully saturated rings. The molecule has 2 atom stereocenters. The molecule has 17 heavy (non-hydrogen) atoms. The van der Waals surface area contributed by atoms with Gasteiger partial charge in [-0.2, -0.15) is 13.2 Å². The van der Waals surface area contributed by atoms with Gasteiger partial charge in [0, 0.05) is 16.5 Å². The number of rotatable bonds is 1. The van der Waals surface area contributed by atoms with Gasteiger partial charge in [-0.1, -0.05) is 18.2 Å². The SMILES string of the molecule is CC1=C(C2C=CC(C(F)(F)F)=CC2)SC(C)N1. The summed E-state index contributed by atoms with van der Waals surface area (Å²) >= 11 is 1.70. The first-order valence-corrected chi connectivity index (χ1v) is 6.35. The Morgan fingerprint density at radius 2 is 2.12 bits per heavy atom. The highest BCUT2D eigenvalue weighted by Crippen LogP contribution is 2.40. The van der Waals surface area contributed by atoms with Crippen LogP contribution >= 0.6 is 11.8 Å². The molecule has 0 spiro atoms. The molecule has 0 aromatic carbocycles. The average molecular weight is 261 g/mol. The molecular weight excluding hydrogens is 247 g/mol. The third-order valence-corrected chi connectivity index (χ3v) is 4.19. The fraction of sp³-hybridized carbons (Fsp3) is 0.500. The predicted molar refractivity (Wildman–Crippen MR) is 64.3 cm³/mol. The molecule has 0 amide bonds. The van der Waals surface area contributed by atoms with Crippen LogP contribution in [0.25, 0.3) is 0 Å². The van der Waals surface area contributed by atoms with Crippen molar-refractivity contribution in [3.8, 4) is 0 Å². The van der Waals surface area contributed by atoms with Gasteiger partial charge in [0.1, 0.15) is 0 Å². The molecule has 1 aliphatic carbocycles. The molecule has 1 aliphatic heterocycles. The Morgan fingerprint density at radius 1 is 1.41 bits per heavy atom. The highest BCUT2D eigenvalue weighted by Gasteiger charge is 2.34. The summed E-state index contributed by atoms with van der Waals surface area (Å²) in [6, 6.07) is 0. The summed E-state index contributed by atoms with van der Waals surface area (Å²) in [5, 5.41) is 3.58. The number of hydrogen-bond donors (Lipinski definition) is 1. The van der Waals surface area contributed by atoms with E-state index in [9.17, 15) is 13.2 Å². The number of nitrogens with one attached hydrogen (secondary N) is 1. The van der Waals surface area contributed by atoms with E-state index in [2.05, 4.69) is 5.32 Å². The maximum atomic E-state index is 12.4. The van der Waals surface area contributed by atoms with E-state index in [1.807, 2.05) is 13.8 Å². The lowest BCUT2D eigenvalue weighted by Gasteiger charge is -2.18. The lowest BCUT2D eigenvalue weighted by Crippen LogP contribution is -2.14. The zero-order valence-electron chi connectivity index (χ0n) is 9.64. The van der Waals surface area contributed by atoms with Crippen molar-refractivity contribution in [2.45, 2.75) is 31.8 Å². The van der Waals surface area contributed by atoms with Gasteiger partial charge in [0.25, 0.3) is 0 Å². The molecule has 1 heterocycles. The van der Waals surface area contributed by atoms with Gasteiger partial charge in [-0.05, 0) is 20.3 Å². The average Bonchev–Trinajstić information content (AvgIpc) is 2.57. The van der Waals surface area contributed by atoms with Gasteiger partial charge in [0.2, 0.25) is 0 Å². The first-order valence-electron chi connectivity index (χ1n) is 5.47. The Balaban J connectivity index is 2.09. The second-order valence-electron chi connectivity index (χ2n) is 4.25. The van der Waals surface area contributed by atoms with Crippen molar-refractivity contribution in [1.82, 2.24) is 5.32 Å². The summed E-state index contributed by atoms with van der Waals surface area (Å²) in [5.41, 5.74) is 0.553. The number of hydrogen-bond acceptors (Lipinski definition) is 2. The van der Waals surface area contributed by atoms with Crippen LogP contribution in [-0.2, 0) is 0 Å². The Bertz CT molecular complexity index is 406. The van der Waals surface area contributed by atoms with Crippen molar-refractivity contribution in [3.05, 3.63) is 34.4 Å². The van der Waals surface area contributed by atoms with Crippen LogP contribution in [0.2, 0.25) is 0 Å². The highest BCUT2D eigenvalue weighted by molar-refractivity contribution is 8.03. The fourth-order valence-electron chi connectivity index (χ4n) is 2.07. The first-order chi connectivity index (χ1) is 7.88.